The summed E-state index contributed by atoms with van der Waals surface area (Å²) in [5, 5.41) is 11.9. The number of hydrogen-bond acceptors (Lipinski definition) is 4. The van der Waals surface area contributed by atoms with E-state index in [0.717, 1.165) is 29.5 Å². The molecule has 0 unspecified atom stereocenters. The Labute approximate surface area is 99.2 Å². The molecule has 0 aromatic carbocycles. The topological polar surface area (TPSA) is 58.6 Å². The molecule has 1 heterocycles. The van der Waals surface area contributed by atoms with Crippen molar-refractivity contribution in [2.24, 2.45) is 0 Å². The van der Waals surface area contributed by atoms with Crippen LogP contribution in [0, 0.1) is 0 Å². The number of nitrogens with one attached hydrogen (secondary N) is 1. The smallest absolute Gasteiger partial charge is 0.308 e. The molecule has 0 aliphatic heterocycles. The summed E-state index contributed by atoms with van der Waals surface area (Å²) < 4.78 is 5.19. The van der Waals surface area contributed by atoms with Gasteiger partial charge in [0.15, 0.2) is 0 Å². The minimum atomic E-state index is -0.780. The van der Waals surface area contributed by atoms with Gasteiger partial charge in [-0.15, -0.1) is 11.3 Å². The number of thiophene rings is 1. The molecule has 0 atom stereocenters. The Hall–Kier alpha value is -0.910. The van der Waals surface area contributed by atoms with Crippen LogP contribution in [-0.4, -0.2) is 30.8 Å². The molecule has 0 bridgehead atoms. The number of carboxylic acids is 1. The van der Waals surface area contributed by atoms with Crippen molar-refractivity contribution in [3.8, 4) is 0 Å². The Balaban J connectivity index is 2.21. The highest BCUT2D eigenvalue weighted by Gasteiger charge is 2.03. The molecule has 2 N–H and O–H groups in total. The van der Waals surface area contributed by atoms with Gasteiger partial charge in [0.2, 0.25) is 0 Å². The fraction of sp³-hybridized carbons (Fsp3) is 0.545. The molecule has 0 saturated carbocycles. The number of aliphatic carboxylic acids is 1. The van der Waals surface area contributed by atoms with E-state index >= 15 is 0 Å². The quantitative estimate of drug-likeness (QED) is 0.679. The standard InChI is InChI=1S/C11H17NO3S/c1-2-15-6-5-12-8-10-4-3-9(16-10)7-11(13)14/h3-4,12H,2,5-8H2,1H3,(H,13,14). The van der Waals surface area contributed by atoms with E-state index in [0.29, 0.717) is 6.61 Å². The van der Waals surface area contributed by atoms with Gasteiger partial charge in [-0.2, -0.15) is 0 Å². The maximum absolute atomic E-state index is 10.5. The van der Waals surface area contributed by atoms with Crippen LogP contribution in [0.15, 0.2) is 12.1 Å². The fourth-order valence-electron chi connectivity index (χ4n) is 1.26. The second-order valence-electron chi connectivity index (χ2n) is 3.31. The van der Waals surface area contributed by atoms with E-state index in [1.165, 1.54) is 0 Å². The summed E-state index contributed by atoms with van der Waals surface area (Å²) in [6.07, 6.45) is 0.115. The van der Waals surface area contributed by atoms with Gasteiger partial charge in [-0.25, -0.2) is 0 Å². The van der Waals surface area contributed by atoms with Gasteiger partial charge in [-0.05, 0) is 19.1 Å². The molecule has 1 aromatic heterocycles. The number of carboxylic acid groups (broad SMARTS) is 1. The largest absolute Gasteiger partial charge is 0.481 e. The zero-order valence-corrected chi connectivity index (χ0v) is 10.2. The Kier molecular flexibility index (Phi) is 6.07. The Morgan fingerprint density at radius 2 is 2.25 bits per heavy atom. The third-order valence-corrected chi connectivity index (χ3v) is 3.05. The molecule has 0 amide bonds. The molecule has 90 valence electrons. The van der Waals surface area contributed by atoms with Crippen molar-refractivity contribution in [1.29, 1.82) is 0 Å². The average molecular weight is 243 g/mol. The summed E-state index contributed by atoms with van der Waals surface area (Å²) in [6, 6.07) is 3.84. The number of rotatable bonds is 8. The van der Waals surface area contributed by atoms with E-state index < -0.39 is 5.97 Å². The highest BCUT2D eigenvalue weighted by Crippen LogP contribution is 2.16. The average Bonchev–Trinajstić information content (AvgIpc) is 2.64. The molecule has 1 aromatic rings. The monoisotopic (exact) mass is 243 g/mol. The number of carbonyl (C=O) groups is 1. The molecule has 1 rings (SSSR count). The highest BCUT2D eigenvalue weighted by molar-refractivity contribution is 7.12. The van der Waals surface area contributed by atoms with E-state index in [-0.39, 0.29) is 6.42 Å². The third-order valence-electron chi connectivity index (χ3n) is 1.97. The molecule has 0 aliphatic carbocycles. The van der Waals surface area contributed by atoms with E-state index in [2.05, 4.69) is 5.32 Å². The van der Waals surface area contributed by atoms with Crippen molar-refractivity contribution in [2.75, 3.05) is 19.8 Å². The second kappa shape index (κ2) is 7.38. The summed E-state index contributed by atoms with van der Waals surface area (Å²) in [4.78, 5) is 12.5. The molecular formula is C11H17NO3S. The van der Waals surface area contributed by atoms with Crippen molar-refractivity contribution in [3.63, 3.8) is 0 Å². The van der Waals surface area contributed by atoms with Crippen LogP contribution in [0.1, 0.15) is 16.7 Å². The lowest BCUT2D eigenvalue weighted by molar-refractivity contribution is -0.136. The van der Waals surface area contributed by atoms with Gasteiger partial charge < -0.3 is 15.2 Å². The van der Waals surface area contributed by atoms with Gasteiger partial charge in [-0.3, -0.25) is 4.79 Å². The summed E-state index contributed by atoms with van der Waals surface area (Å²) in [5.41, 5.74) is 0. The highest BCUT2D eigenvalue weighted by atomic mass is 32.1. The summed E-state index contributed by atoms with van der Waals surface area (Å²) >= 11 is 1.54. The first-order valence-corrected chi connectivity index (χ1v) is 6.12. The minimum absolute atomic E-state index is 0.115. The lowest BCUT2D eigenvalue weighted by Crippen LogP contribution is -2.18. The Bertz CT molecular complexity index is 325. The first-order valence-electron chi connectivity index (χ1n) is 5.30. The zero-order valence-electron chi connectivity index (χ0n) is 9.36. The maximum Gasteiger partial charge on any atom is 0.308 e. The molecule has 0 saturated heterocycles. The van der Waals surface area contributed by atoms with Gasteiger partial charge in [0.05, 0.1) is 13.0 Å². The predicted octanol–water partition coefficient (Wildman–Crippen LogP) is 1.50. The van der Waals surface area contributed by atoms with Crippen LogP contribution in [0.5, 0.6) is 0 Å². The second-order valence-corrected chi connectivity index (χ2v) is 4.57. The summed E-state index contributed by atoms with van der Waals surface area (Å²) in [6.45, 7) is 5.02. The predicted molar refractivity (Wildman–Crippen MR) is 63.9 cm³/mol. The maximum atomic E-state index is 10.5. The Morgan fingerprint density at radius 3 is 2.94 bits per heavy atom. The molecule has 0 spiro atoms. The molecule has 0 aliphatic rings. The fourth-order valence-corrected chi connectivity index (χ4v) is 2.24. The molecule has 0 radical (unpaired) electrons. The molecular weight excluding hydrogens is 226 g/mol. The van der Waals surface area contributed by atoms with Crippen LogP contribution >= 0.6 is 11.3 Å². The number of hydrogen-bond donors (Lipinski definition) is 2. The molecule has 5 heteroatoms. The SMILES string of the molecule is CCOCCNCc1ccc(CC(=O)O)s1. The van der Waals surface area contributed by atoms with Crippen LogP contribution in [-0.2, 0) is 22.5 Å². The first kappa shape index (κ1) is 13.2. The van der Waals surface area contributed by atoms with E-state index in [4.69, 9.17) is 9.84 Å². The van der Waals surface area contributed by atoms with E-state index in [1.807, 2.05) is 19.1 Å². The number of ether oxygens (including phenoxy) is 1. The van der Waals surface area contributed by atoms with Gasteiger partial charge in [0.25, 0.3) is 0 Å². The lowest BCUT2D eigenvalue weighted by atomic mass is 10.3. The van der Waals surface area contributed by atoms with E-state index in [1.54, 1.807) is 11.3 Å². The minimum Gasteiger partial charge on any atom is -0.481 e. The van der Waals surface area contributed by atoms with Gasteiger partial charge in [0.1, 0.15) is 0 Å². The van der Waals surface area contributed by atoms with Crippen molar-refractivity contribution < 1.29 is 14.6 Å². The summed E-state index contributed by atoms with van der Waals surface area (Å²) in [5.74, 6) is -0.780. The normalized spacial score (nSPS) is 10.6. The van der Waals surface area contributed by atoms with Crippen LogP contribution < -0.4 is 5.32 Å². The molecule has 0 fully saturated rings. The molecule has 4 nitrogen and oxygen atoms in total. The van der Waals surface area contributed by atoms with Crippen LogP contribution in [0.4, 0.5) is 0 Å². The van der Waals surface area contributed by atoms with Crippen LogP contribution in [0.3, 0.4) is 0 Å². The van der Waals surface area contributed by atoms with E-state index in [9.17, 15) is 4.79 Å². The Morgan fingerprint density at radius 1 is 1.50 bits per heavy atom. The van der Waals surface area contributed by atoms with Crippen molar-refractivity contribution in [3.05, 3.63) is 21.9 Å². The summed E-state index contributed by atoms with van der Waals surface area (Å²) in [7, 11) is 0. The van der Waals surface area contributed by atoms with Crippen LogP contribution in [0.25, 0.3) is 0 Å². The first-order chi connectivity index (χ1) is 7.72. The molecule has 16 heavy (non-hydrogen) atoms. The van der Waals surface area contributed by atoms with Gasteiger partial charge >= 0.3 is 5.97 Å². The van der Waals surface area contributed by atoms with Gasteiger partial charge in [-0.1, -0.05) is 0 Å². The van der Waals surface area contributed by atoms with Crippen LogP contribution in [0.2, 0.25) is 0 Å². The third kappa shape index (κ3) is 5.25. The van der Waals surface area contributed by atoms with Crippen molar-refractivity contribution >= 4 is 17.3 Å². The van der Waals surface area contributed by atoms with Crippen molar-refractivity contribution in [1.82, 2.24) is 5.32 Å². The van der Waals surface area contributed by atoms with Crippen molar-refractivity contribution in [2.45, 2.75) is 19.9 Å². The van der Waals surface area contributed by atoms with Gasteiger partial charge in [0, 0.05) is 29.5 Å². The zero-order chi connectivity index (χ0) is 11.8. The lowest BCUT2D eigenvalue weighted by Gasteiger charge is -2.02.